The predicted octanol–water partition coefficient (Wildman–Crippen LogP) is 1.07. The molecule has 5 heteroatoms. The molecule has 90 valence electrons. The largest absolute Gasteiger partial charge is 0.371 e. The molecule has 3 N–H and O–H groups in total. The summed E-state index contributed by atoms with van der Waals surface area (Å²) in [5.41, 5.74) is 10.7. The summed E-state index contributed by atoms with van der Waals surface area (Å²) >= 11 is 0. The number of nitrogens with two attached hydrogens (primary N) is 1. The van der Waals surface area contributed by atoms with Gasteiger partial charge in [0.2, 0.25) is 0 Å². The molecule has 0 saturated carbocycles. The SMILES string of the molecule is CCN1CCc2cc(C=NNC(N)=O)ccc21. The Morgan fingerprint density at radius 2 is 2.47 bits per heavy atom. The molecule has 1 aliphatic heterocycles. The molecule has 0 aromatic heterocycles. The fourth-order valence-corrected chi connectivity index (χ4v) is 2.07. The van der Waals surface area contributed by atoms with Gasteiger partial charge in [0.15, 0.2) is 0 Å². The Labute approximate surface area is 100 Å². The number of nitrogens with one attached hydrogen (secondary N) is 1. The summed E-state index contributed by atoms with van der Waals surface area (Å²) < 4.78 is 0. The van der Waals surface area contributed by atoms with Crippen LogP contribution in [0.1, 0.15) is 18.1 Å². The molecule has 0 saturated heterocycles. The number of hydrazone groups is 1. The lowest BCUT2D eigenvalue weighted by molar-refractivity contribution is 0.249. The van der Waals surface area contributed by atoms with E-state index in [0.717, 1.165) is 25.1 Å². The monoisotopic (exact) mass is 232 g/mol. The van der Waals surface area contributed by atoms with Crippen LogP contribution in [-0.4, -0.2) is 25.3 Å². The van der Waals surface area contributed by atoms with Gasteiger partial charge in [-0.05, 0) is 36.6 Å². The van der Waals surface area contributed by atoms with Crippen LogP contribution in [0.25, 0.3) is 0 Å². The number of benzene rings is 1. The van der Waals surface area contributed by atoms with Crippen LogP contribution in [0.2, 0.25) is 0 Å². The number of hydrogen-bond donors (Lipinski definition) is 2. The van der Waals surface area contributed by atoms with Crippen molar-refractivity contribution in [2.75, 3.05) is 18.0 Å². The van der Waals surface area contributed by atoms with Gasteiger partial charge in [0.25, 0.3) is 0 Å². The maximum atomic E-state index is 10.4. The number of carbonyl (C=O) groups is 1. The number of likely N-dealkylation sites (N-methyl/N-ethyl adjacent to an activating group) is 1. The lowest BCUT2D eigenvalue weighted by atomic mass is 10.1. The van der Waals surface area contributed by atoms with E-state index in [1.807, 2.05) is 6.07 Å². The van der Waals surface area contributed by atoms with Gasteiger partial charge in [-0.2, -0.15) is 5.10 Å². The predicted molar refractivity (Wildman–Crippen MR) is 68.3 cm³/mol. The zero-order valence-electron chi connectivity index (χ0n) is 9.81. The number of amides is 2. The number of carbonyl (C=O) groups excluding carboxylic acids is 1. The fourth-order valence-electron chi connectivity index (χ4n) is 2.07. The average molecular weight is 232 g/mol. The molecule has 1 aromatic carbocycles. The molecule has 1 heterocycles. The van der Waals surface area contributed by atoms with Gasteiger partial charge in [0.05, 0.1) is 6.21 Å². The van der Waals surface area contributed by atoms with Crippen molar-refractivity contribution >= 4 is 17.9 Å². The van der Waals surface area contributed by atoms with Gasteiger partial charge in [-0.3, -0.25) is 0 Å². The molecule has 1 aliphatic rings. The number of primary amides is 1. The summed E-state index contributed by atoms with van der Waals surface area (Å²) in [6.45, 7) is 4.26. The van der Waals surface area contributed by atoms with Gasteiger partial charge in [0.1, 0.15) is 0 Å². The zero-order valence-corrected chi connectivity index (χ0v) is 9.81. The molecule has 2 amide bonds. The van der Waals surface area contributed by atoms with E-state index in [4.69, 9.17) is 5.73 Å². The van der Waals surface area contributed by atoms with Crippen LogP contribution < -0.4 is 16.1 Å². The van der Waals surface area contributed by atoms with Crippen molar-refractivity contribution in [3.63, 3.8) is 0 Å². The number of nitrogens with zero attached hydrogens (tertiary/aromatic N) is 2. The maximum absolute atomic E-state index is 10.4. The third-order valence-corrected chi connectivity index (χ3v) is 2.87. The Bertz CT molecular complexity index is 456. The number of hydrogen-bond acceptors (Lipinski definition) is 3. The van der Waals surface area contributed by atoms with E-state index in [9.17, 15) is 4.79 Å². The molecule has 0 radical (unpaired) electrons. The number of rotatable bonds is 3. The molecule has 17 heavy (non-hydrogen) atoms. The first-order valence-corrected chi connectivity index (χ1v) is 5.67. The lowest BCUT2D eigenvalue weighted by Gasteiger charge is -2.16. The topological polar surface area (TPSA) is 70.7 Å². The molecular formula is C12H16N4O. The van der Waals surface area contributed by atoms with Crippen molar-refractivity contribution in [1.29, 1.82) is 0 Å². The third-order valence-electron chi connectivity index (χ3n) is 2.87. The number of anilines is 1. The zero-order chi connectivity index (χ0) is 12.3. The van der Waals surface area contributed by atoms with Gasteiger partial charge in [-0.1, -0.05) is 6.07 Å². The normalized spacial score (nSPS) is 14.1. The molecule has 1 aromatic rings. The molecule has 0 atom stereocenters. The highest BCUT2D eigenvalue weighted by molar-refractivity contribution is 5.83. The van der Waals surface area contributed by atoms with Crippen molar-refractivity contribution in [3.05, 3.63) is 29.3 Å². The molecule has 5 nitrogen and oxygen atoms in total. The van der Waals surface area contributed by atoms with Crippen LogP contribution in [0.4, 0.5) is 10.5 Å². The average Bonchev–Trinajstić information content (AvgIpc) is 2.70. The second-order valence-corrected chi connectivity index (χ2v) is 3.95. The van der Waals surface area contributed by atoms with Gasteiger partial charge in [0, 0.05) is 18.8 Å². The van der Waals surface area contributed by atoms with Crippen LogP contribution in [-0.2, 0) is 6.42 Å². The Morgan fingerprint density at radius 1 is 1.65 bits per heavy atom. The van der Waals surface area contributed by atoms with Crippen molar-refractivity contribution in [2.24, 2.45) is 10.8 Å². The van der Waals surface area contributed by atoms with E-state index < -0.39 is 6.03 Å². The Kier molecular flexibility index (Phi) is 3.27. The van der Waals surface area contributed by atoms with Crippen LogP contribution in [0.15, 0.2) is 23.3 Å². The van der Waals surface area contributed by atoms with Crippen molar-refractivity contribution in [2.45, 2.75) is 13.3 Å². The minimum atomic E-state index is -0.653. The standard InChI is InChI=1S/C12H16N4O/c1-2-16-6-5-10-7-9(3-4-11(10)16)8-14-15-12(13)17/h3-4,7-8H,2,5-6H2,1H3,(H3,13,15,17). The van der Waals surface area contributed by atoms with E-state index in [1.165, 1.54) is 11.3 Å². The van der Waals surface area contributed by atoms with Gasteiger partial charge in [-0.25, -0.2) is 10.2 Å². The summed E-state index contributed by atoms with van der Waals surface area (Å²) in [7, 11) is 0. The summed E-state index contributed by atoms with van der Waals surface area (Å²) in [5.74, 6) is 0. The molecule has 2 rings (SSSR count). The van der Waals surface area contributed by atoms with Crippen LogP contribution in [0.5, 0.6) is 0 Å². The van der Waals surface area contributed by atoms with E-state index >= 15 is 0 Å². The molecule has 0 bridgehead atoms. The van der Waals surface area contributed by atoms with Gasteiger partial charge >= 0.3 is 6.03 Å². The van der Waals surface area contributed by atoms with E-state index in [0.29, 0.717) is 0 Å². The molecule has 0 aliphatic carbocycles. The minimum Gasteiger partial charge on any atom is -0.371 e. The maximum Gasteiger partial charge on any atom is 0.332 e. The van der Waals surface area contributed by atoms with E-state index in [2.05, 4.69) is 34.5 Å². The third kappa shape index (κ3) is 2.55. The van der Waals surface area contributed by atoms with Crippen LogP contribution >= 0.6 is 0 Å². The molecule has 0 fully saturated rings. The first-order chi connectivity index (χ1) is 8.20. The molecule has 0 spiro atoms. The molecular weight excluding hydrogens is 216 g/mol. The first kappa shape index (κ1) is 11.4. The number of fused-ring (bicyclic) bond motifs is 1. The van der Waals surface area contributed by atoms with Gasteiger partial charge < -0.3 is 10.6 Å². The summed E-state index contributed by atoms with van der Waals surface area (Å²) in [4.78, 5) is 12.8. The van der Waals surface area contributed by atoms with Crippen molar-refractivity contribution < 1.29 is 4.79 Å². The van der Waals surface area contributed by atoms with E-state index in [-0.39, 0.29) is 0 Å². The van der Waals surface area contributed by atoms with Gasteiger partial charge in [-0.15, -0.1) is 0 Å². The second-order valence-electron chi connectivity index (χ2n) is 3.95. The molecule has 0 unspecified atom stereocenters. The van der Waals surface area contributed by atoms with Crippen LogP contribution in [0, 0.1) is 0 Å². The Hall–Kier alpha value is -2.04. The smallest absolute Gasteiger partial charge is 0.332 e. The summed E-state index contributed by atoms with van der Waals surface area (Å²) in [6.07, 6.45) is 2.66. The quantitative estimate of drug-likeness (QED) is 0.604. The lowest BCUT2D eigenvalue weighted by Crippen LogP contribution is -2.24. The van der Waals surface area contributed by atoms with Crippen LogP contribution in [0.3, 0.4) is 0 Å². The Balaban J connectivity index is 2.13. The van der Waals surface area contributed by atoms with E-state index in [1.54, 1.807) is 6.21 Å². The van der Waals surface area contributed by atoms with Crippen molar-refractivity contribution in [3.8, 4) is 0 Å². The second kappa shape index (κ2) is 4.86. The van der Waals surface area contributed by atoms with Crippen molar-refractivity contribution in [1.82, 2.24) is 5.43 Å². The summed E-state index contributed by atoms with van der Waals surface area (Å²) in [5, 5.41) is 3.74. The highest BCUT2D eigenvalue weighted by atomic mass is 16.2. The fraction of sp³-hybridized carbons (Fsp3) is 0.333. The highest BCUT2D eigenvalue weighted by Gasteiger charge is 2.16. The Morgan fingerprint density at radius 3 is 3.18 bits per heavy atom. The minimum absolute atomic E-state index is 0.653. The highest BCUT2D eigenvalue weighted by Crippen LogP contribution is 2.27. The number of urea groups is 1. The first-order valence-electron chi connectivity index (χ1n) is 5.67. The summed E-state index contributed by atoms with van der Waals surface area (Å²) in [6, 6.07) is 5.52.